The first-order valence-electron chi connectivity index (χ1n) is 7.83. The minimum absolute atomic E-state index is 0.339. The van der Waals surface area contributed by atoms with Gasteiger partial charge >= 0.3 is 0 Å². The molecule has 0 aromatic rings. The number of hydrogen-bond acceptors (Lipinski definition) is 6. The summed E-state index contributed by atoms with van der Waals surface area (Å²) in [7, 11) is 0. The van der Waals surface area contributed by atoms with Crippen molar-refractivity contribution in [1.29, 1.82) is 0 Å². The third-order valence-corrected chi connectivity index (χ3v) is 3.49. The van der Waals surface area contributed by atoms with E-state index in [4.69, 9.17) is 9.47 Å². The molecule has 1 aliphatic heterocycles. The van der Waals surface area contributed by atoms with Crippen LogP contribution < -0.4 is 0 Å². The Morgan fingerprint density at radius 3 is 1.50 bits per heavy atom. The highest BCUT2D eigenvalue weighted by Gasteiger charge is 2.20. The van der Waals surface area contributed by atoms with Crippen LogP contribution in [0, 0.1) is 0 Å². The average Bonchev–Trinajstić information content (AvgIpc) is 2.50. The quantitative estimate of drug-likeness (QED) is 0.382. The van der Waals surface area contributed by atoms with Gasteiger partial charge < -0.3 is 19.7 Å². The second-order valence-corrected chi connectivity index (χ2v) is 5.56. The Kier molecular flexibility index (Phi) is 10.3. The van der Waals surface area contributed by atoms with Gasteiger partial charge in [-0.2, -0.15) is 0 Å². The maximum Gasteiger partial charge on any atom is 0.0900 e. The van der Waals surface area contributed by atoms with Gasteiger partial charge in [-0.15, -0.1) is 13.2 Å². The van der Waals surface area contributed by atoms with Gasteiger partial charge in [0.25, 0.3) is 0 Å². The first kappa shape index (κ1) is 19.3. The second-order valence-electron chi connectivity index (χ2n) is 5.56. The molecule has 1 heterocycles. The monoisotopic (exact) mass is 314 g/mol. The summed E-state index contributed by atoms with van der Waals surface area (Å²) >= 11 is 0. The lowest BCUT2D eigenvalue weighted by Gasteiger charge is -2.36. The molecular formula is C16H30N2O4. The molecule has 22 heavy (non-hydrogen) atoms. The molecule has 1 aliphatic rings. The zero-order valence-electron chi connectivity index (χ0n) is 13.4. The van der Waals surface area contributed by atoms with Crippen LogP contribution in [-0.4, -0.2) is 97.9 Å². The highest BCUT2D eigenvalue weighted by Crippen LogP contribution is 2.04. The van der Waals surface area contributed by atoms with E-state index in [-0.39, 0.29) is 0 Å². The number of hydrogen-bond donors (Lipinski definition) is 2. The minimum Gasteiger partial charge on any atom is -0.389 e. The van der Waals surface area contributed by atoms with Gasteiger partial charge in [0.15, 0.2) is 0 Å². The molecule has 1 rings (SSSR count). The molecule has 0 aromatic heterocycles. The Morgan fingerprint density at radius 2 is 1.18 bits per heavy atom. The zero-order chi connectivity index (χ0) is 16.2. The molecule has 0 unspecified atom stereocenters. The van der Waals surface area contributed by atoms with E-state index in [1.165, 1.54) is 0 Å². The second kappa shape index (κ2) is 11.8. The predicted octanol–water partition coefficient (Wildman–Crippen LogP) is -0.269. The molecule has 1 saturated heterocycles. The number of rotatable bonds is 12. The molecule has 1 fully saturated rings. The van der Waals surface area contributed by atoms with E-state index in [9.17, 15) is 10.2 Å². The van der Waals surface area contributed by atoms with Crippen LogP contribution in [0.3, 0.4) is 0 Å². The van der Waals surface area contributed by atoms with Gasteiger partial charge in [-0.1, -0.05) is 12.2 Å². The van der Waals surface area contributed by atoms with Crippen LogP contribution >= 0.6 is 0 Å². The molecule has 0 aliphatic carbocycles. The molecule has 0 amide bonds. The van der Waals surface area contributed by atoms with E-state index in [2.05, 4.69) is 23.0 Å². The normalized spacial score (nSPS) is 19.7. The van der Waals surface area contributed by atoms with Crippen LogP contribution in [-0.2, 0) is 9.47 Å². The standard InChI is InChI=1S/C16H30N2O4/c1-3-9-21-13-15(19)11-17-5-7-18(8-6-17)12-16(20)14-22-10-4-2/h3-4,15-16,19-20H,1-2,5-14H2/t15-,16-/m0/s1. The van der Waals surface area contributed by atoms with Gasteiger partial charge in [-0.05, 0) is 0 Å². The van der Waals surface area contributed by atoms with Crippen molar-refractivity contribution in [2.75, 3.05) is 65.7 Å². The molecule has 128 valence electrons. The average molecular weight is 314 g/mol. The lowest BCUT2D eigenvalue weighted by Crippen LogP contribution is -2.51. The molecule has 2 N–H and O–H groups in total. The van der Waals surface area contributed by atoms with Crippen molar-refractivity contribution in [3.63, 3.8) is 0 Å². The SMILES string of the molecule is C=CCOC[C@@H](O)CN1CCN(C[C@H](O)COCC=C)CC1. The third kappa shape index (κ3) is 8.63. The van der Waals surface area contributed by atoms with Gasteiger partial charge in [0.1, 0.15) is 0 Å². The van der Waals surface area contributed by atoms with Crippen molar-refractivity contribution in [2.24, 2.45) is 0 Å². The van der Waals surface area contributed by atoms with Crippen molar-refractivity contribution in [1.82, 2.24) is 9.80 Å². The van der Waals surface area contributed by atoms with E-state index in [0.29, 0.717) is 39.5 Å². The third-order valence-electron chi connectivity index (χ3n) is 3.49. The van der Waals surface area contributed by atoms with Crippen molar-refractivity contribution in [3.05, 3.63) is 25.3 Å². The van der Waals surface area contributed by atoms with Gasteiger partial charge in [0.2, 0.25) is 0 Å². The van der Waals surface area contributed by atoms with Crippen LogP contribution in [0.2, 0.25) is 0 Å². The van der Waals surface area contributed by atoms with Crippen LogP contribution in [0.25, 0.3) is 0 Å². The molecular weight excluding hydrogens is 284 g/mol. The van der Waals surface area contributed by atoms with Crippen molar-refractivity contribution in [3.8, 4) is 0 Å². The molecule has 0 bridgehead atoms. The fourth-order valence-corrected chi connectivity index (χ4v) is 2.43. The maximum absolute atomic E-state index is 9.88. The molecule has 0 aromatic carbocycles. The Labute approximate surface area is 133 Å². The lowest BCUT2D eigenvalue weighted by atomic mass is 10.2. The number of nitrogens with zero attached hydrogens (tertiary/aromatic N) is 2. The van der Waals surface area contributed by atoms with Gasteiger partial charge in [-0.3, -0.25) is 9.80 Å². The number of aliphatic hydroxyl groups excluding tert-OH is 2. The summed E-state index contributed by atoms with van der Waals surface area (Å²) in [6.07, 6.45) is 2.42. The molecule has 6 nitrogen and oxygen atoms in total. The summed E-state index contributed by atoms with van der Waals surface area (Å²) in [6, 6.07) is 0. The molecule has 0 radical (unpaired) electrons. The van der Waals surface area contributed by atoms with E-state index in [0.717, 1.165) is 26.2 Å². The Morgan fingerprint density at radius 1 is 0.818 bits per heavy atom. The number of aliphatic hydroxyl groups is 2. The lowest BCUT2D eigenvalue weighted by molar-refractivity contribution is -0.00230. The summed E-state index contributed by atoms with van der Waals surface area (Å²) in [6.45, 7) is 13.6. The van der Waals surface area contributed by atoms with E-state index in [1.807, 2.05) is 0 Å². The summed E-state index contributed by atoms with van der Waals surface area (Å²) < 4.78 is 10.5. The Hall–Kier alpha value is -0.760. The highest BCUT2D eigenvalue weighted by molar-refractivity contribution is 4.76. The molecule has 0 saturated carbocycles. The molecule has 6 heteroatoms. The summed E-state index contributed by atoms with van der Waals surface area (Å²) in [5.74, 6) is 0. The van der Waals surface area contributed by atoms with Gasteiger partial charge in [0, 0.05) is 39.3 Å². The first-order valence-corrected chi connectivity index (χ1v) is 7.83. The maximum atomic E-state index is 9.88. The Bertz CT molecular complexity index is 277. The van der Waals surface area contributed by atoms with E-state index >= 15 is 0 Å². The summed E-state index contributed by atoms with van der Waals surface area (Å²) in [5.41, 5.74) is 0. The molecule has 0 spiro atoms. The summed E-state index contributed by atoms with van der Waals surface area (Å²) in [4.78, 5) is 4.44. The summed E-state index contributed by atoms with van der Waals surface area (Å²) in [5, 5.41) is 19.8. The van der Waals surface area contributed by atoms with Crippen molar-refractivity contribution < 1.29 is 19.7 Å². The Balaban J connectivity index is 2.12. The van der Waals surface area contributed by atoms with Crippen LogP contribution in [0.15, 0.2) is 25.3 Å². The van der Waals surface area contributed by atoms with E-state index < -0.39 is 12.2 Å². The van der Waals surface area contributed by atoms with E-state index in [1.54, 1.807) is 12.2 Å². The highest BCUT2D eigenvalue weighted by atomic mass is 16.5. The molecule has 2 atom stereocenters. The minimum atomic E-state index is -0.468. The van der Waals surface area contributed by atoms with Gasteiger partial charge in [-0.25, -0.2) is 0 Å². The first-order chi connectivity index (χ1) is 10.7. The fraction of sp³-hybridized carbons (Fsp3) is 0.750. The largest absolute Gasteiger partial charge is 0.389 e. The fourth-order valence-electron chi connectivity index (χ4n) is 2.43. The van der Waals surface area contributed by atoms with Gasteiger partial charge in [0.05, 0.1) is 38.6 Å². The smallest absolute Gasteiger partial charge is 0.0900 e. The topological polar surface area (TPSA) is 65.4 Å². The van der Waals surface area contributed by atoms with Crippen LogP contribution in [0.1, 0.15) is 0 Å². The van der Waals surface area contributed by atoms with Crippen LogP contribution in [0.5, 0.6) is 0 Å². The zero-order valence-corrected chi connectivity index (χ0v) is 13.4. The van der Waals surface area contributed by atoms with Crippen molar-refractivity contribution >= 4 is 0 Å². The predicted molar refractivity (Wildman–Crippen MR) is 86.9 cm³/mol. The van der Waals surface area contributed by atoms with Crippen LogP contribution in [0.4, 0.5) is 0 Å². The number of ether oxygens (including phenoxy) is 2. The van der Waals surface area contributed by atoms with Crippen molar-refractivity contribution in [2.45, 2.75) is 12.2 Å². The number of piperazine rings is 1. The number of β-amino-alcohol motifs (C(OH)–C–C–N with tert-alkyl or cyclic N) is 2.